The monoisotopic (exact) mass is 196 g/mol. The summed E-state index contributed by atoms with van der Waals surface area (Å²) in [7, 11) is 0. The second-order valence-electron chi connectivity index (χ2n) is 3.09. The third kappa shape index (κ3) is 1.81. The molecule has 0 amide bonds. The number of carbonyl (C=O) groups is 2. The molecule has 5 heteroatoms. The van der Waals surface area contributed by atoms with Crippen LogP contribution in [0.4, 0.5) is 0 Å². The van der Waals surface area contributed by atoms with E-state index in [-0.39, 0.29) is 17.3 Å². The number of aromatic carboxylic acids is 1. The van der Waals surface area contributed by atoms with Crippen LogP contribution >= 0.6 is 0 Å². The van der Waals surface area contributed by atoms with Crippen LogP contribution in [-0.4, -0.2) is 27.1 Å². The van der Waals surface area contributed by atoms with Crippen LogP contribution in [-0.2, 0) is 0 Å². The summed E-state index contributed by atoms with van der Waals surface area (Å²) in [5.74, 6) is -1.17. The van der Waals surface area contributed by atoms with Crippen LogP contribution in [0.5, 0.6) is 0 Å². The van der Waals surface area contributed by atoms with Crippen LogP contribution in [0, 0.1) is 0 Å². The minimum Gasteiger partial charge on any atom is -0.476 e. The van der Waals surface area contributed by atoms with Crippen molar-refractivity contribution in [1.29, 1.82) is 0 Å². The fraction of sp³-hybridized carbons (Fsp3) is 0.444. The lowest BCUT2D eigenvalue weighted by Gasteiger charge is -2.07. The summed E-state index contributed by atoms with van der Waals surface area (Å²) in [6.07, 6.45) is 2.80. The Kier molecular flexibility index (Phi) is 3.01. The van der Waals surface area contributed by atoms with Gasteiger partial charge >= 0.3 is 5.97 Å². The van der Waals surface area contributed by atoms with Gasteiger partial charge in [-0.05, 0) is 13.3 Å². The Morgan fingerprint density at radius 3 is 2.79 bits per heavy atom. The maximum absolute atomic E-state index is 10.7. The van der Waals surface area contributed by atoms with Gasteiger partial charge in [0.15, 0.2) is 12.0 Å². The highest BCUT2D eigenvalue weighted by molar-refractivity contribution is 5.95. The summed E-state index contributed by atoms with van der Waals surface area (Å²) in [5, 5.41) is 12.6. The van der Waals surface area contributed by atoms with Crippen molar-refractivity contribution >= 4 is 12.3 Å². The molecule has 0 aliphatic carbocycles. The van der Waals surface area contributed by atoms with Crippen LogP contribution in [0.3, 0.4) is 0 Å². The second-order valence-corrected chi connectivity index (χ2v) is 3.09. The molecule has 1 aromatic heterocycles. The van der Waals surface area contributed by atoms with Gasteiger partial charge in [0.25, 0.3) is 0 Å². The van der Waals surface area contributed by atoms with E-state index in [2.05, 4.69) is 5.10 Å². The van der Waals surface area contributed by atoms with Gasteiger partial charge in [-0.1, -0.05) is 6.92 Å². The van der Waals surface area contributed by atoms with Crippen LogP contribution in [0.15, 0.2) is 6.20 Å². The molecule has 1 rings (SSSR count). The predicted molar refractivity (Wildman–Crippen MR) is 49.6 cm³/mol. The third-order valence-electron chi connectivity index (χ3n) is 2.13. The fourth-order valence-corrected chi connectivity index (χ4v) is 1.07. The topological polar surface area (TPSA) is 72.2 Å². The standard InChI is InChI=1S/C9H12N2O3/c1-3-6(2)11-4-7(5-12)8(10-11)9(13)14/h4-6H,3H2,1-2H3,(H,13,14)/t6-/m0/s1. The van der Waals surface area contributed by atoms with E-state index in [0.717, 1.165) is 6.42 Å². The SMILES string of the molecule is CC[C@H](C)n1cc(C=O)c(C(=O)O)n1. The first-order valence-corrected chi connectivity index (χ1v) is 4.37. The van der Waals surface area contributed by atoms with Crippen LogP contribution in [0.1, 0.15) is 47.2 Å². The maximum atomic E-state index is 10.7. The predicted octanol–water partition coefficient (Wildman–Crippen LogP) is 1.36. The molecule has 0 fully saturated rings. The minimum atomic E-state index is -1.17. The number of aromatic nitrogens is 2. The average Bonchev–Trinajstić information content (AvgIpc) is 2.60. The molecule has 0 spiro atoms. The average molecular weight is 196 g/mol. The van der Waals surface area contributed by atoms with Crippen molar-refractivity contribution in [1.82, 2.24) is 9.78 Å². The van der Waals surface area contributed by atoms with E-state index in [9.17, 15) is 9.59 Å². The van der Waals surface area contributed by atoms with Gasteiger partial charge in [-0.15, -0.1) is 0 Å². The van der Waals surface area contributed by atoms with Crippen molar-refractivity contribution < 1.29 is 14.7 Å². The number of carbonyl (C=O) groups excluding carboxylic acids is 1. The largest absolute Gasteiger partial charge is 0.476 e. The summed E-state index contributed by atoms with van der Waals surface area (Å²) in [4.78, 5) is 21.2. The first kappa shape index (κ1) is 10.4. The van der Waals surface area contributed by atoms with E-state index >= 15 is 0 Å². The highest BCUT2D eigenvalue weighted by Gasteiger charge is 2.16. The number of hydrogen-bond acceptors (Lipinski definition) is 3. The Hall–Kier alpha value is -1.65. The third-order valence-corrected chi connectivity index (χ3v) is 2.13. The molecule has 1 heterocycles. The Labute approximate surface area is 81.3 Å². The highest BCUT2D eigenvalue weighted by Crippen LogP contribution is 2.12. The normalized spacial score (nSPS) is 12.4. The van der Waals surface area contributed by atoms with Gasteiger partial charge in [-0.3, -0.25) is 9.48 Å². The molecule has 0 saturated heterocycles. The summed E-state index contributed by atoms with van der Waals surface area (Å²) in [5.41, 5.74) is -0.0573. The van der Waals surface area contributed by atoms with E-state index in [1.807, 2.05) is 13.8 Å². The lowest BCUT2D eigenvalue weighted by Crippen LogP contribution is -2.06. The summed E-state index contributed by atoms with van der Waals surface area (Å²) < 4.78 is 1.51. The van der Waals surface area contributed by atoms with E-state index in [4.69, 9.17) is 5.11 Å². The van der Waals surface area contributed by atoms with Crippen LogP contribution < -0.4 is 0 Å². The molecular formula is C9H12N2O3. The van der Waals surface area contributed by atoms with Crippen molar-refractivity contribution in [3.8, 4) is 0 Å². The summed E-state index contributed by atoms with van der Waals surface area (Å²) in [6.45, 7) is 3.88. The molecule has 1 atom stereocenters. The van der Waals surface area contributed by atoms with E-state index < -0.39 is 5.97 Å². The van der Waals surface area contributed by atoms with Gasteiger partial charge in [0, 0.05) is 12.2 Å². The van der Waals surface area contributed by atoms with Crippen molar-refractivity contribution in [3.05, 3.63) is 17.5 Å². The number of hydrogen-bond donors (Lipinski definition) is 1. The van der Waals surface area contributed by atoms with Gasteiger partial charge in [0.2, 0.25) is 0 Å². The molecule has 1 aromatic rings. The van der Waals surface area contributed by atoms with Gasteiger partial charge in [-0.2, -0.15) is 5.10 Å². The molecule has 0 aromatic carbocycles. The zero-order valence-corrected chi connectivity index (χ0v) is 8.10. The molecule has 14 heavy (non-hydrogen) atoms. The van der Waals surface area contributed by atoms with Gasteiger partial charge < -0.3 is 5.11 Å². The highest BCUT2D eigenvalue weighted by atomic mass is 16.4. The zero-order valence-electron chi connectivity index (χ0n) is 8.10. The molecule has 0 radical (unpaired) electrons. The van der Waals surface area contributed by atoms with E-state index in [1.165, 1.54) is 10.9 Å². The Morgan fingerprint density at radius 2 is 2.43 bits per heavy atom. The van der Waals surface area contributed by atoms with Crippen molar-refractivity contribution in [2.24, 2.45) is 0 Å². The van der Waals surface area contributed by atoms with Crippen LogP contribution in [0.2, 0.25) is 0 Å². The number of carboxylic acids is 1. The molecule has 76 valence electrons. The maximum Gasteiger partial charge on any atom is 0.357 e. The first-order valence-electron chi connectivity index (χ1n) is 4.37. The summed E-state index contributed by atoms with van der Waals surface area (Å²) in [6, 6.07) is 0.0989. The summed E-state index contributed by atoms with van der Waals surface area (Å²) >= 11 is 0. The molecule has 0 aliphatic rings. The number of aldehydes is 1. The van der Waals surface area contributed by atoms with E-state index in [1.54, 1.807) is 0 Å². The van der Waals surface area contributed by atoms with Gasteiger partial charge in [-0.25, -0.2) is 4.79 Å². The number of rotatable bonds is 4. The quantitative estimate of drug-likeness (QED) is 0.738. The van der Waals surface area contributed by atoms with Crippen molar-refractivity contribution in [3.63, 3.8) is 0 Å². The first-order chi connectivity index (χ1) is 6.60. The van der Waals surface area contributed by atoms with Crippen molar-refractivity contribution in [2.45, 2.75) is 26.3 Å². The Balaban J connectivity index is 3.12. The van der Waals surface area contributed by atoms with E-state index in [0.29, 0.717) is 6.29 Å². The lowest BCUT2D eigenvalue weighted by atomic mass is 10.2. The lowest BCUT2D eigenvalue weighted by molar-refractivity contribution is 0.0686. The molecular weight excluding hydrogens is 184 g/mol. The van der Waals surface area contributed by atoms with Gasteiger partial charge in [0.1, 0.15) is 0 Å². The molecule has 0 aliphatic heterocycles. The number of carboxylic acid groups (broad SMARTS) is 1. The minimum absolute atomic E-state index is 0.0989. The number of nitrogens with zero attached hydrogens (tertiary/aromatic N) is 2. The molecule has 0 bridgehead atoms. The molecule has 0 unspecified atom stereocenters. The Bertz CT molecular complexity index is 357. The fourth-order valence-electron chi connectivity index (χ4n) is 1.07. The molecule has 5 nitrogen and oxygen atoms in total. The zero-order chi connectivity index (χ0) is 10.7. The molecule has 1 N–H and O–H groups in total. The Morgan fingerprint density at radius 1 is 1.79 bits per heavy atom. The smallest absolute Gasteiger partial charge is 0.357 e. The molecule has 0 saturated carbocycles. The van der Waals surface area contributed by atoms with Gasteiger partial charge in [0.05, 0.1) is 5.56 Å². The second kappa shape index (κ2) is 4.04. The van der Waals surface area contributed by atoms with Crippen LogP contribution in [0.25, 0.3) is 0 Å². The van der Waals surface area contributed by atoms with Crippen molar-refractivity contribution in [2.75, 3.05) is 0 Å².